The molecule has 4 atom stereocenters. The van der Waals surface area contributed by atoms with Gasteiger partial charge in [0.05, 0.1) is 12.7 Å². The molecule has 2 rings (SSSR count). The van der Waals surface area contributed by atoms with Crippen molar-refractivity contribution in [3.63, 3.8) is 0 Å². The molecule has 176 valence electrons. The van der Waals surface area contributed by atoms with Gasteiger partial charge >= 0.3 is 0 Å². The van der Waals surface area contributed by atoms with E-state index in [-0.39, 0.29) is 13.0 Å². The van der Waals surface area contributed by atoms with Crippen molar-refractivity contribution in [2.24, 2.45) is 0 Å². The molecule has 3 N–H and O–H groups in total. The van der Waals surface area contributed by atoms with Crippen LogP contribution in [0, 0.1) is 6.92 Å². The van der Waals surface area contributed by atoms with Crippen molar-refractivity contribution in [2.45, 2.75) is 84.4 Å². The van der Waals surface area contributed by atoms with Gasteiger partial charge in [0.25, 0.3) is 0 Å². The molecule has 0 bridgehead atoms. The highest BCUT2D eigenvalue weighted by Gasteiger charge is 2.37. The van der Waals surface area contributed by atoms with Crippen LogP contribution in [0.1, 0.15) is 64.0 Å². The standard InChI is InChI=1S/C25H41NO5/c1-5-8-11-19(13-15-26(7-3)14-6-2)24-18(4)10-9-12-21(24)30-23-16-20(28)25(29)22(17-27)31-23/h9-12,20,22-23,25,27-29H,5-8,13-17H2,1-4H3/b19-11-/t20?,22?,23-,25-/m0/s1. The Kier molecular flexibility index (Phi) is 11.0. The first kappa shape index (κ1) is 25.8. The summed E-state index contributed by atoms with van der Waals surface area (Å²) in [5.41, 5.74) is 3.47. The first-order valence-corrected chi connectivity index (χ1v) is 11.7. The van der Waals surface area contributed by atoms with E-state index in [4.69, 9.17) is 9.47 Å². The molecule has 0 spiro atoms. The summed E-state index contributed by atoms with van der Waals surface area (Å²) in [5.74, 6) is 0.714. The van der Waals surface area contributed by atoms with Gasteiger partial charge in [0.2, 0.25) is 6.29 Å². The van der Waals surface area contributed by atoms with E-state index in [2.05, 4.69) is 44.7 Å². The maximum atomic E-state index is 10.2. The topological polar surface area (TPSA) is 82.4 Å². The molecule has 6 nitrogen and oxygen atoms in total. The maximum Gasteiger partial charge on any atom is 0.202 e. The fourth-order valence-corrected chi connectivity index (χ4v) is 4.10. The fraction of sp³-hybridized carbons (Fsp3) is 0.680. The van der Waals surface area contributed by atoms with Crippen LogP contribution in [-0.4, -0.2) is 71.1 Å². The number of aliphatic hydroxyl groups excluding tert-OH is 3. The second-order valence-electron chi connectivity index (χ2n) is 8.35. The van der Waals surface area contributed by atoms with Gasteiger partial charge in [0, 0.05) is 18.5 Å². The average molecular weight is 436 g/mol. The zero-order chi connectivity index (χ0) is 22.8. The number of hydrogen-bond donors (Lipinski definition) is 3. The molecule has 0 aromatic heterocycles. The van der Waals surface area contributed by atoms with Gasteiger partial charge in [-0.3, -0.25) is 0 Å². The SMILES string of the molecule is CCC/C=C(/CCN(CC)CCC)c1c(C)cccc1O[C@@H]1CC(O)[C@H](O)C(CO)O1. The Morgan fingerprint density at radius 1 is 1.19 bits per heavy atom. The number of aliphatic hydroxyl groups is 3. The predicted molar refractivity (Wildman–Crippen MR) is 124 cm³/mol. The minimum absolute atomic E-state index is 0.152. The zero-order valence-electron chi connectivity index (χ0n) is 19.6. The van der Waals surface area contributed by atoms with Gasteiger partial charge in [-0.1, -0.05) is 45.4 Å². The molecule has 0 saturated carbocycles. The molecule has 6 heteroatoms. The molecule has 1 fully saturated rings. The van der Waals surface area contributed by atoms with Crippen molar-refractivity contribution in [1.82, 2.24) is 4.90 Å². The van der Waals surface area contributed by atoms with Gasteiger partial charge in [-0.15, -0.1) is 0 Å². The number of hydrogen-bond acceptors (Lipinski definition) is 6. The highest BCUT2D eigenvalue weighted by Crippen LogP contribution is 2.34. The van der Waals surface area contributed by atoms with Crippen molar-refractivity contribution in [1.29, 1.82) is 0 Å². The number of unbranched alkanes of at least 4 members (excludes halogenated alkanes) is 1. The zero-order valence-corrected chi connectivity index (χ0v) is 19.6. The molecule has 0 aliphatic carbocycles. The summed E-state index contributed by atoms with van der Waals surface area (Å²) < 4.78 is 11.9. The van der Waals surface area contributed by atoms with Crippen molar-refractivity contribution in [3.8, 4) is 5.75 Å². The van der Waals surface area contributed by atoms with Crippen molar-refractivity contribution in [3.05, 3.63) is 35.4 Å². The summed E-state index contributed by atoms with van der Waals surface area (Å²) in [5, 5.41) is 29.6. The Morgan fingerprint density at radius 2 is 1.97 bits per heavy atom. The van der Waals surface area contributed by atoms with Crippen LogP contribution in [-0.2, 0) is 4.74 Å². The molecule has 1 aliphatic rings. The molecule has 0 radical (unpaired) electrons. The molecular formula is C25H41NO5. The Labute approximate surface area is 187 Å². The van der Waals surface area contributed by atoms with Crippen molar-refractivity contribution >= 4 is 5.57 Å². The van der Waals surface area contributed by atoms with Gasteiger partial charge < -0.3 is 29.7 Å². The highest BCUT2D eigenvalue weighted by atomic mass is 16.7. The lowest BCUT2D eigenvalue weighted by Crippen LogP contribution is -2.51. The number of nitrogens with zero attached hydrogens (tertiary/aromatic N) is 1. The van der Waals surface area contributed by atoms with Crippen LogP contribution < -0.4 is 4.74 Å². The summed E-state index contributed by atoms with van der Waals surface area (Å²) in [6.07, 6.45) is 2.92. The molecule has 1 saturated heterocycles. The predicted octanol–water partition coefficient (Wildman–Crippen LogP) is 3.51. The van der Waals surface area contributed by atoms with Crippen LogP contribution in [0.5, 0.6) is 5.75 Å². The van der Waals surface area contributed by atoms with Gasteiger partial charge in [0.1, 0.15) is 18.0 Å². The van der Waals surface area contributed by atoms with Crippen LogP contribution in [0.2, 0.25) is 0 Å². The normalized spacial score (nSPS) is 24.6. The van der Waals surface area contributed by atoms with Gasteiger partial charge in [-0.05, 0) is 56.5 Å². The third kappa shape index (κ3) is 7.29. The molecule has 1 heterocycles. The van der Waals surface area contributed by atoms with Crippen LogP contribution in [0.3, 0.4) is 0 Å². The number of allylic oxidation sites excluding steroid dienone is 1. The lowest BCUT2D eigenvalue weighted by Gasteiger charge is -2.36. The van der Waals surface area contributed by atoms with Crippen molar-refractivity contribution in [2.75, 3.05) is 26.2 Å². The van der Waals surface area contributed by atoms with E-state index >= 15 is 0 Å². The Hall–Kier alpha value is -1.44. The van der Waals surface area contributed by atoms with E-state index in [1.807, 2.05) is 12.1 Å². The Bertz CT molecular complexity index is 692. The summed E-state index contributed by atoms with van der Waals surface area (Å²) in [6.45, 7) is 11.4. The van der Waals surface area contributed by atoms with E-state index in [1.165, 1.54) is 5.57 Å². The quantitative estimate of drug-likeness (QED) is 0.466. The number of benzene rings is 1. The van der Waals surface area contributed by atoms with E-state index in [1.54, 1.807) is 0 Å². The second-order valence-corrected chi connectivity index (χ2v) is 8.35. The first-order valence-electron chi connectivity index (χ1n) is 11.7. The monoisotopic (exact) mass is 435 g/mol. The van der Waals surface area contributed by atoms with Crippen molar-refractivity contribution < 1.29 is 24.8 Å². The van der Waals surface area contributed by atoms with E-state index in [9.17, 15) is 15.3 Å². The molecule has 1 aromatic rings. The van der Waals surface area contributed by atoms with Crippen LogP contribution in [0.15, 0.2) is 24.3 Å². The molecule has 1 aromatic carbocycles. The number of aryl methyl sites for hydroxylation is 1. The third-order valence-electron chi connectivity index (χ3n) is 5.89. The lowest BCUT2D eigenvalue weighted by atomic mass is 9.95. The minimum Gasteiger partial charge on any atom is -0.464 e. The van der Waals surface area contributed by atoms with E-state index in [0.29, 0.717) is 5.75 Å². The van der Waals surface area contributed by atoms with Crippen LogP contribution in [0.25, 0.3) is 5.57 Å². The van der Waals surface area contributed by atoms with E-state index < -0.39 is 24.6 Å². The number of ether oxygens (including phenoxy) is 2. The third-order valence-corrected chi connectivity index (χ3v) is 5.89. The molecule has 0 amide bonds. The largest absolute Gasteiger partial charge is 0.464 e. The first-order chi connectivity index (χ1) is 14.9. The average Bonchev–Trinajstić information content (AvgIpc) is 2.76. The highest BCUT2D eigenvalue weighted by molar-refractivity contribution is 5.73. The lowest BCUT2D eigenvalue weighted by molar-refractivity contribution is -0.230. The van der Waals surface area contributed by atoms with Gasteiger partial charge in [-0.25, -0.2) is 0 Å². The molecule has 31 heavy (non-hydrogen) atoms. The van der Waals surface area contributed by atoms with Crippen LogP contribution >= 0.6 is 0 Å². The fourth-order valence-electron chi connectivity index (χ4n) is 4.10. The molecule has 1 aliphatic heterocycles. The summed E-state index contributed by atoms with van der Waals surface area (Å²) in [6, 6.07) is 5.97. The summed E-state index contributed by atoms with van der Waals surface area (Å²) in [4.78, 5) is 2.46. The smallest absolute Gasteiger partial charge is 0.202 e. The maximum absolute atomic E-state index is 10.2. The summed E-state index contributed by atoms with van der Waals surface area (Å²) in [7, 11) is 0. The second kappa shape index (κ2) is 13.2. The van der Waals surface area contributed by atoms with Crippen LogP contribution in [0.4, 0.5) is 0 Å². The Balaban J connectivity index is 2.27. The number of rotatable bonds is 12. The molecule has 2 unspecified atom stereocenters. The minimum atomic E-state index is -1.11. The Morgan fingerprint density at radius 3 is 2.61 bits per heavy atom. The molecular weight excluding hydrogens is 394 g/mol. The van der Waals surface area contributed by atoms with Gasteiger partial charge in [0.15, 0.2) is 0 Å². The summed E-state index contributed by atoms with van der Waals surface area (Å²) >= 11 is 0. The van der Waals surface area contributed by atoms with Gasteiger partial charge in [-0.2, -0.15) is 0 Å². The van der Waals surface area contributed by atoms with E-state index in [0.717, 1.165) is 56.4 Å².